The fourth-order valence-electron chi connectivity index (χ4n) is 4.25. The van der Waals surface area contributed by atoms with E-state index in [1.165, 1.54) is 43.4 Å². The summed E-state index contributed by atoms with van der Waals surface area (Å²) >= 11 is 1.48. The van der Waals surface area contributed by atoms with Gasteiger partial charge in [0.2, 0.25) is 10.3 Å². The Balaban J connectivity index is 1.32. The summed E-state index contributed by atoms with van der Waals surface area (Å²) in [6.07, 6.45) is 8.31. The van der Waals surface area contributed by atoms with E-state index in [-0.39, 0.29) is 6.03 Å². The first-order valence-corrected chi connectivity index (χ1v) is 9.91. The van der Waals surface area contributed by atoms with Gasteiger partial charge >= 0.3 is 6.03 Å². The molecular formula is C16H26N6OS. The van der Waals surface area contributed by atoms with Crippen LogP contribution in [0.25, 0.3) is 0 Å². The van der Waals surface area contributed by atoms with Gasteiger partial charge in [-0.25, -0.2) is 4.79 Å². The lowest BCUT2D eigenvalue weighted by Crippen LogP contribution is -2.38. The average Bonchev–Trinajstić information content (AvgIpc) is 3.30. The van der Waals surface area contributed by atoms with E-state index in [4.69, 9.17) is 0 Å². The molecule has 3 N–H and O–H groups in total. The molecule has 7 nitrogen and oxygen atoms in total. The lowest BCUT2D eigenvalue weighted by Gasteiger charge is -2.33. The maximum Gasteiger partial charge on any atom is 0.321 e. The van der Waals surface area contributed by atoms with E-state index >= 15 is 0 Å². The Morgan fingerprint density at radius 3 is 2.79 bits per heavy atom. The highest BCUT2D eigenvalue weighted by molar-refractivity contribution is 7.19. The van der Waals surface area contributed by atoms with Crippen molar-refractivity contribution in [1.82, 2.24) is 20.8 Å². The van der Waals surface area contributed by atoms with Gasteiger partial charge in [-0.3, -0.25) is 5.32 Å². The average molecular weight is 350 g/mol. The fourth-order valence-corrected chi connectivity index (χ4v) is 5.01. The van der Waals surface area contributed by atoms with Crippen molar-refractivity contribution in [2.75, 3.05) is 36.4 Å². The molecule has 2 aliphatic heterocycles. The van der Waals surface area contributed by atoms with Gasteiger partial charge in [-0.15, -0.1) is 10.2 Å². The third-order valence-corrected chi connectivity index (χ3v) is 6.60. The number of anilines is 2. The van der Waals surface area contributed by atoms with E-state index < -0.39 is 0 Å². The Morgan fingerprint density at radius 2 is 2.00 bits per heavy atom. The van der Waals surface area contributed by atoms with Crippen molar-refractivity contribution in [3.8, 4) is 0 Å². The molecule has 0 unspecified atom stereocenters. The molecule has 1 spiro atoms. The zero-order chi connectivity index (χ0) is 16.4. The molecule has 1 aliphatic carbocycles. The van der Waals surface area contributed by atoms with Gasteiger partial charge in [0.05, 0.1) is 0 Å². The first-order valence-electron chi connectivity index (χ1n) is 9.09. The summed E-state index contributed by atoms with van der Waals surface area (Å²) in [4.78, 5) is 14.4. The lowest BCUT2D eigenvalue weighted by atomic mass is 9.78. The van der Waals surface area contributed by atoms with E-state index in [9.17, 15) is 4.79 Å². The molecule has 3 fully saturated rings. The zero-order valence-electron chi connectivity index (χ0n) is 14.0. The van der Waals surface area contributed by atoms with Crippen molar-refractivity contribution in [2.45, 2.75) is 51.0 Å². The number of hydrogen-bond acceptors (Lipinski definition) is 6. The standard InChI is InChI=1S/C16H26N6OS/c23-13(18-12-3-1-2-4-12)19-14-20-21-15(24-14)22-10-7-16(11-22)5-8-17-9-6-16/h12,17H,1-11H2,(H2,18,19,20,23). The number of rotatable bonds is 3. The summed E-state index contributed by atoms with van der Waals surface area (Å²) in [5.74, 6) is 0. The van der Waals surface area contributed by atoms with Crippen LogP contribution >= 0.6 is 11.3 Å². The molecule has 0 atom stereocenters. The summed E-state index contributed by atoms with van der Waals surface area (Å²) in [7, 11) is 0. The molecule has 132 valence electrons. The third kappa shape index (κ3) is 3.49. The normalized spacial score (nSPS) is 23.8. The van der Waals surface area contributed by atoms with Gasteiger partial charge < -0.3 is 15.5 Å². The smallest absolute Gasteiger partial charge is 0.321 e. The highest BCUT2D eigenvalue weighted by Gasteiger charge is 2.39. The minimum Gasteiger partial charge on any atom is -0.346 e. The SMILES string of the molecule is O=C(Nc1nnc(N2CCC3(CCNCC3)C2)s1)NC1CCCC1. The van der Waals surface area contributed by atoms with Gasteiger partial charge in [0.15, 0.2) is 0 Å². The second kappa shape index (κ2) is 6.84. The van der Waals surface area contributed by atoms with Crippen LogP contribution in [0, 0.1) is 5.41 Å². The first kappa shape index (κ1) is 16.1. The van der Waals surface area contributed by atoms with Crippen LogP contribution in [-0.2, 0) is 0 Å². The fraction of sp³-hybridized carbons (Fsp3) is 0.812. The molecule has 4 rings (SSSR count). The molecule has 0 aromatic carbocycles. The molecule has 1 aromatic rings. The van der Waals surface area contributed by atoms with Crippen LogP contribution in [0.1, 0.15) is 44.9 Å². The maximum absolute atomic E-state index is 12.0. The molecule has 8 heteroatoms. The van der Waals surface area contributed by atoms with E-state index in [2.05, 4.69) is 31.0 Å². The number of amides is 2. The maximum atomic E-state index is 12.0. The number of carbonyl (C=O) groups is 1. The molecule has 1 saturated carbocycles. The van der Waals surface area contributed by atoms with E-state index in [1.54, 1.807) is 0 Å². The van der Waals surface area contributed by atoms with Crippen molar-refractivity contribution in [3.63, 3.8) is 0 Å². The Bertz CT molecular complexity index is 579. The third-order valence-electron chi connectivity index (χ3n) is 5.70. The molecule has 2 saturated heterocycles. The van der Waals surface area contributed by atoms with Crippen molar-refractivity contribution in [3.05, 3.63) is 0 Å². The number of nitrogens with one attached hydrogen (secondary N) is 3. The molecule has 2 amide bonds. The highest BCUT2D eigenvalue weighted by atomic mass is 32.1. The number of urea groups is 1. The van der Waals surface area contributed by atoms with E-state index in [0.717, 1.165) is 44.2 Å². The molecular weight excluding hydrogens is 324 g/mol. The summed E-state index contributed by atoms with van der Waals surface area (Å²) in [5.41, 5.74) is 0.449. The predicted octanol–water partition coefficient (Wildman–Crippen LogP) is 2.18. The number of piperidine rings is 1. The topological polar surface area (TPSA) is 82.2 Å². The quantitative estimate of drug-likeness (QED) is 0.778. The minimum atomic E-state index is -0.152. The predicted molar refractivity (Wildman–Crippen MR) is 95.7 cm³/mol. The van der Waals surface area contributed by atoms with Crippen molar-refractivity contribution < 1.29 is 4.79 Å². The van der Waals surface area contributed by atoms with Gasteiger partial charge in [0.1, 0.15) is 0 Å². The minimum absolute atomic E-state index is 0.152. The first-order chi connectivity index (χ1) is 11.7. The van der Waals surface area contributed by atoms with E-state index in [0.29, 0.717) is 16.6 Å². The van der Waals surface area contributed by atoms with Crippen LogP contribution in [0.4, 0.5) is 15.1 Å². The summed E-state index contributed by atoms with van der Waals surface area (Å²) in [6.45, 7) is 4.36. The van der Waals surface area contributed by atoms with Gasteiger partial charge in [0, 0.05) is 19.1 Å². The van der Waals surface area contributed by atoms with Crippen LogP contribution in [0.15, 0.2) is 0 Å². The Labute approximate surface area is 146 Å². The molecule has 3 aliphatic rings. The highest BCUT2D eigenvalue weighted by Crippen LogP contribution is 2.41. The summed E-state index contributed by atoms with van der Waals surface area (Å²) < 4.78 is 0. The Hall–Kier alpha value is -1.41. The number of nitrogens with zero attached hydrogens (tertiary/aromatic N) is 3. The van der Waals surface area contributed by atoms with Crippen LogP contribution in [-0.4, -0.2) is 48.4 Å². The summed E-state index contributed by atoms with van der Waals surface area (Å²) in [5, 5.41) is 19.3. The molecule has 0 bridgehead atoms. The molecule has 0 radical (unpaired) electrons. The molecule has 3 heterocycles. The van der Waals surface area contributed by atoms with Gasteiger partial charge in [0.25, 0.3) is 0 Å². The molecule has 24 heavy (non-hydrogen) atoms. The van der Waals surface area contributed by atoms with E-state index in [1.807, 2.05) is 0 Å². The van der Waals surface area contributed by atoms with Crippen LogP contribution in [0.3, 0.4) is 0 Å². The number of carbonyl (C=O) groups excluding carboxylic acids is 1. The van der Waals surface area contributed by atoms with Gasteiger partial charge in [-0.05, 0) is 50.6 Å². The van der Waals surface area contributed by atoms with Crippen LogP contribution in [0.2, 0.25) is 0 Å². The van der Waals surface area contributed by atoms with Gasteiger partial charge in [-0.2, -0.15) is 0 Å². The van der Waals surface area contributed by atoms with Crippen LogP contribution in [0.5, 0.6) is 0 Å². The van der Waals surface area contributed by atoms with Crippen molar-refractivity contribution in [1.29, 1.82) is 0 Å². The second-order valence-corrected chi connectivity index (χ2v) is 8.35. The van der Waals surface area contributed by atoms with Crippen molar-refractivity contribution >= 4 is 27.6 Å². The van der Waals surface area contributed by atoms with Crippen LogP contribution < -0.4 is 20.9 Å². The monoisotopic (exact) mass is 350 g/mol. The largest absolute Gasteiger partial charge is 0.346 e. The molecule has 1 aromatic heterocycles. The Morgan fingerprint density at radius 1 is 1.21 bits per heavy atom. The van der Waals surface area contributed by atoms with Crippen molar-refractivity contribution in [2.24, 2.45) is 5.41 Å². The number of hydrogen-bond donors (Lipinski definition) is 3. The zero-order valence-corrected chi connectivity index (χ0v) is 14.8. The summed E-state index contributed by atoms with van der Waals surface area (Å²) in [6, 6.07) is 0.164. The lowest BCUT2D eigenvalue weighted by molar-refractivity contribution is 0.232. The van der Waals surface area contributed by atoms with Gasteiger partial charge in [-0.1, -0.05) is 24.2 Å². The number of aromatic nitrogens is 2. The second-order valence-electron chi connectivity index (χ2n) is 7.39. The Kier molecular flexibility index (Phi) is 4.58.